The zero-order chi connectivity index (χ0) is 15.7. The van der Waals surface area contributed by atoms with E-state index in [1.165, 1.54) is 22.5 Å². The fourth-order valence-corrected chi connectivity index (χ4v) is 2.33. The summed E-state index contributed by atoms with van der Waals surface area (Å²) in [5.41, 5.74) is -0.540. The smallest absolute Gasteiger partial charge is 0.333 e. The molecule has 0 bridgehead atoms. The lowest BCUT2D eigenvalue weighted by molar-refractivity contribution is -0.147. The molecule has 0 saturated carbocycles. The second-order valence-corrected chi connectivity index (χ2v) is 4.72. The highest BCUT2D eigenvalue weighted by Crippen LogP contribution is 2.11. The standard InChI is InChI=1S/C13H18N4O4/c1-5-8(12(19)21-6-2)17-11(18)9-10(14-7-15(9)3)16(4)13(17)20/h7-8H,5-6H2,1-4H3. The number of hydrogen-bond donors (Lipinski definition) is 0. The number of rotatable bonds is 4. The molecule has 0 N–H and O–H groups in total. The van der Waals surface area contributed by atoms with Gasteiger partial charge in [-0.05, 0) is 13.3 Å². The van der Waals surface area contributed by atoms with Crippen molar-refractivity contribution in [2.24, 2.45) is 14.1 Å². The maximum Gasteiger partial charge on any atom is 0.333 e. The highest BCUT2D eigenvalue weighted by atomic mass is 16.5. The lowest BCUT2D eigenvalue weighted by Gasteiger charge is -2.17. The molecule has 0 saturated heterocycles. The van der Waals surface area contributed by atoms with Crippen molar-refractivity contribution in [3.63, 3.8) is 0 Å². The molecular weight excluding hydrogens is 276 g/mol. The normalized spacial score (nSPS) is 12.6. The van der Waals surface area contributed by atoms with Crippen molar-refractivity contribution in [1.82, 2.24) is 18.7 Å². The molecule has 0 aliphatic carbocycles. The minimum absolute atomic E-state index is 0.193. The molecule has 0 spiro atoms. The maximum absolute atomic E-state index is 12.6. The minimum atomic E-state index is -0.935. The fourth-order valence-electron chi connectivity index (χ4n) is 2.33. The molecule has 0 aromatic carbocycles. The molecule has 0 aliphatic rings. The number of ether oxygens (including phenoxy) is 1. The third-order valence-electron chi connectivity index (χ3n) is 3.41. The topological polar surface area (TPSA) is 88.1 Å². The highest BCUT2D eigenvalue weighted by molar-refractivity contribution is 5.75. The average Bonchev–Trinajstić information content (AvgIpc) is 2.83. The summed E-state index contributed by atoms with van der Waals surface area (Å²) in [5, 5.41) is 0. The molecule has 2 aromatic rings. The summed E-state index contributed by atoms with van der Waals surface area (Å²) < 4.78 is 8.70. The summed E-state index contributed by atoms with van der Waals surface area (Å²) in [6.07, 6.45) is 1.75. The minimum Gasteiger partial charge on any atom is -0.464 e. The quantitative estimate of drug-likeness (QED) is 0.738. The number of fused-ring (bicyclic) bond motifs is 1. The van der Waals surface area contributed by atoms with Crippen LogP contribution in [0.2, 0.25) is 0 Å². The van der Waals surface area contributed by atoms with Gasteiger partial charge in [0.25, 0.3) is 5.56 Å². The van der Waals surface area contributed by atoms with Crippen LogP contribution in [0.4, 0.5) is 0 Å². The van der Waals surface area contributed by atoms with Crippen molar-refractivity contribution < 1.29 is 9.53 Å². The second-order valence-electron chi connectivity index (χ2n) is 4.72. The predicted octanol–water partition coefficient (Wildman–Crippen LogP) is -0.0521. The van der Waals surface area contributed by atoms with E-state index in [-0.39, 0.29) is 18.5 Å². The van der Waals surface area contributed by atoms with Gasteiger partial charge in [0.05, 0.1) is 12.9 Å². The molecule has 1 unspecified atom stereocenters. The van der Waals surface area contributed by atoms with E-state index in [2.05, 4.69) is 4.98 Å². The molecule has 8 nitrogen and oxygen atoms in total. The van der Waals surface area contributed by atoms with Crippen LogP contribution < -0.4 is 11.2 Å². The molecule has 114 valence electrons. The molecule has 2 rings (SSSR count). The number of imidazole rings is 1. The Morgan fingerprint density at radius 1 is 1.33 bits per heavy atom. The zero-order valence-electron chi connectivity index (χ0n) is 12.5. The van der Waals surface area contributed by atoms with Gasteiger partial charge in [0.15, 0.2) is 11.2 Å². The van der Waals surface area contributed by atoms with E-state index in [0.717, 1.165) is 4.57 Å². The first kappa shape index (κ1) is 15.0. The van der Waals surface area contributed by atoms with Gasteiger partial charge in [-0.15, -0.1) is 0 Å². The summed E-state index contributed by atoms with van der Waals surface area (Å²) in [7, 11) is 3.18. The van der Waals surface area contributed by atoms with Gasteiger partial charge in [0.2, 0.25) is 0 Å². The van der Waals surface area contributed by atoms with Gasteiger partial charge in [-0.1, -0.05) is 6.92 Å². The van der Waals surface area contributed by atoms with E-state index in [1.807, 2.05) is 0 Å². The lowest BCUT2D eigenvalue weighted by atomic mass is 10.2. The first-order chi connectivity index (χ1) is 9.93. The van der Waals surface area contributed by atoms with Gasteiger partial charge < -0.3 is 9.30 Å². The van der Waals surface area contributed by atoms with Crippen LogP contribution in [0, 0.1) is 0 Å². The third kappa shape index (κ3) is 2.26. The average molecular weight is 294 g/mol. The number of aromatic nitrogens is 4. The van der Waals surface area contributed by atoms with Crippen molar-refractivity contribution in [3.05, 3.63) is 27.2 Å². The Kier molecular flexibility index (Phi) is 3.97. The summed E-state index contributed by atoms with van der Waals surface area (Å²) in [6.45, 7) is 3.59. The Hall–Kier alpha value is -2.38. The van der Waals surface area contributed by atoms with Crippen LogP contribution >= 0.6 is 0 Å². The first-order valence-electron chi connectivity index (χ1n) is 6.73. The number of aryl methyl sites for hydroxylation is 2. The van der Waals surface area contributed by atoms with E-state index in [0.29, 0.717) is 5.65 Å². The molecule has 0 aliphatic heterocycles. The largest absolute Gasteiger partial charge is 0.464 e. The molecule has 1 atom stereocenters. The van der Waals surface area contributed by atoms with Gasteiger partial charge in [-0.2, -0.15) is 0 Å². The van der Waals surface area contributed by atoms with Gasteiger partial charge >= 0.3 is 11.7 Å². The van der Waals surface area contributed by atoms with Crippen molar-refractivity contribution >= 4 is 17.1 Å². The van der Waals surface area contributed by atoms with E-state index >= 15 is 0 Å². The summed E-state index contributed by atoms with van der Waals surface area (Å²) in [4.78, 5) is 41.0. The SMILES string of the molecule is CCOC(=O)C(CC)n1c(=O)c2c(ncn2C)n(C)c1=O. The Labute approximate surface area is 120 Å². The summed E-state index contributed by atoms with van der Waals surface area (Å²) in [5.74, 6) is -0.583. The summed E-state index contributed by atoms with van der Waals surface area (Å²) in [6, 6.07) is -0.935. The van der Waals surface area contributed by atoms with Crippen molar-refractivity contribution in [2.45, 2.75) is 26.3 Å². The van der Waals surface area contributed by atoms with Gasteiger partial charge in [0.1, 0.15) is 6.04 Å². The number of esters is 1. The fraction of sp³-hybridized carbons (Fsp3) is 0.538. The van der Waals surface area contributed by atoms with Gasteiger partial charge in [-0.3, -0.25) is 9.36 Å². The van der Waals surface area contributed by atoms with Crippen LogP contribution in [0.3, 0.4) is 0 Å². The number of carbonyl (C=O) groups excluding carboxylic acids is 1. The van der Waals surface area contributed by atoms with Crippen LogP contribution in [-0.4, -0.2) is 31.3 Å². The Morgan fingerprint density at radius 3 is 2.57 bits per heavy atom. The molecule has 8 heteroatoms. The Morgan fingerprint density at radius 2 is 2.00 bits per heavy atom. The molecule has 0 fully saturated rings. The summed E-state index contributed by atoms with van der Waals surface area (Å²) >= 11 is 0. The molecular formula is C13H18N4O4. The maximum atomic E-state index is 12.6. The number of carbonyl (C=O) groups is 1. The molecule has 2 heterocycles. The lowest BCUT2D eigenvalue weighted by Crippen LogP contribution is -2.44. The van der Waals surface area contributed by atoms with Crippen LogP contribution in [0.1, 0.15) is 26.3 Å². The first-order valence-corrected chi connectivity index (χ1v) is 6.73. The molecule has 2 aromatic heterocycles. The zero-order valence-corrected chi connectivity index (χ0v) is 12.5. The van der Waals surface area contributed by atoms with E-state index in [4.69, 9.17) is 4.74 Å². The Balaban J connectivity index is 2.79. The van der Waals surface area contributed by atoms with Crippen LogP contribution in [0.5, 0.6) is 0 Å². The monoisotopic (exact) mass is 294 g/mol. The van der Waals surface area contributed by atoms with Crippen molar-refractivity contribution in [2.75, 3.05) is 6.61 Å². The predicted molar refractivity (Wildman–Crippen MR) is 76.2 cm³/mol. The van der Waals surface area contributed by atoms with Crippen LogP contribution in [0.25, 0.3) is 11.2 Å². The van der Waals surface area contributed by atoms with Crippen LogP contribution in [0.15, 0.2) is 15.9 Å². The van der Waals surface area contributed by atoms with Gasteiger partial charge in [-0.25, -0.2) is 19.1 Å². The number of hydrogen-bond acceptors (Lipinski definition) is 5. The van der Waals surface area contributed by atoms with E-state index in [1.54, 1.807) is 20.9 Å². The highest BCUT2D eigenvalue weighted by Gasteiger charge is 2.26. The molecule has 21 heavy (non-hydrogen) atoms. The molecule has 0 radical (unpaired) electrons. The second kappa shape index (κ2) is 5.55. The van der Waals surface area contributed by atoms with Crippen molar-refractivity contribution in [1.29, 1.82) is 0 Å². The van der Waals surface area contributed by atoms with E-state index in [9.17, 15) is 14.4 Å². The van der Waals surface area contributed by atoms with Crippen molar-refractivity contribution in [3.8, 4) is 0 Å². The Bertz CT molecular complexity index is 799. The number of nitrogens with zero attached hydrogens (tertiary/aromatic N) is 4. The van der Waals surface area contributed by atoms with E-state index < -0.39 is 23.3 Å². The third-order valence-corrected chi connectivity index (χ3v) is 3.41. The van der Waals surface area contributed by atoms with Crippen LogP contribution in [-0.2, 0) is 23.6 Å². The van der Waals surface area contributed by atoms with Gasteiger partial charge in [0, 0.05) is 14.1 Å². The molecule has 0 amide bonds.